The van der Waals surface area contributed by atoms with Crippen LogP contribution in [0.25, 0.3) is 0 Å². The molecule has 7 heteroatoms. The second-order valence-corrected chi connectivity index (χ2v) is 9.29. The van der Waals surface area contributed by atoms with E-state index in [1.807, 2.05) is 24.3 Å². The van der Waals surface area contributed by atoms with Crippen LogP contribution in [0.3, 0.4) is 0 Å². The Morgan fingerprint density at radius 3 is 2.16 bits per heavy atom. The third-order valence-electron chi connectivity index (χ3n) is 4.39. The van der Waals surface area contributed by atoms with Crippen molar-refractivity contribution in [2.45, 2.75) is 42.7 Å². The van der Waals surface area contributed by atoms with E-state index in [1.165, 1.54) is 12.1 Å². The predicted octanol–water partition coefficient (Wildman–Crippen LogP) is 4.80. The van der Waals surface area contributed by atoms with Gasteiger partial charge in [-0.25, -0.2) is 13.1 Å². The molecule has 2 unspecified atom stereocenters. The monoisotopic (exact) mass is 442 g/mol. The van der Waals surface area contributed by atoms with E-state index in [0.717, 1.165) is 35.8 Å². The quantitative estimate of drug-likeness (QED) is 0.697. The lowest BCUT2D eigenvalue weighted by Crippen LogP contribution is -2.48. The molecule has 1 saturated carbocycles. The SMILES string of the molecule is O=S(=O)(NC1CCCCC1Nc1ccc(Br)cc1)c1ccc(Cl)cc1. The summed E-state index contributed by atoms with van der Waals surface area (Å²) >= 11 is 9.27. The summed E-state index contributed by atoms with van der Waals surface area (Å²) in [7, 11) is -3.56. The van der Waals surface area contributed by atoms with Gasteiger partial charge < -0.3 is 5.32 Å². The summed E-state index contributed by atoms with van der Waals surface area (Å²) in [6, 6.07) is 14.1. The zero-order valence-corrected chi connectivity index (χ0v) is 16.7. The minimum absolute atomic E-state index is 0.0667. The first-order chi connectivity index (χ1) is 11.9. The first-order valence-electron chi connectivity index (χ1n) is 8.24. The number of rotatable bonds is 5. The van der Waals surface area contributed by atoms with Gasteiger partial charge in [-0.1, -0.05) is 40.4 Å². The molecule has 0 heterocycles. The summed E-state index contributed by atoms with van der Waals surface area (Å²) in [5.41, 5.74) is 0.991. The number of sulfonamides is 1. The molecule has 134 valence electrons. The maximum absolute atomic E-state index is 12.7. The van der Waals surface area contributed by atoms with E-state index in [9.17, 15) is 8.42 Å². The molecule has 0 amide bonds. The summed E-state index contributed by atoms with van der Waals surface area (Å²) < 4.78 is 29.2. The minimum Gasteiger partial charge on any atom is -0.381 e. The maximum Gasteiger partial charge on any atom is 0.240 e. The lowest BCUT2D eigenvalue weighted by molar-refractivity contribution is 0.378. The molecule has 0 bridgehead atoms. The van der Waals surface area contributed by atoms with Crippen molar-refractivity contribution < 1.29 is 8.42 Å². The molecular weight excluding hydrogens is 424 g/mol. The summed E-state index contributed by atoms with van der Waals surface area (Å²) in [5, 5.41) is 3.99. The standard InChI is InChI=1S/C18H20BrClN2O2S/c19-13-5-9-15(10-6-13)21-17-3-1-2-4-18(17)22-25(23,24)16-11-7-14(20)8-12-16/h5-12,17-18,21-22H,1-4H2. The smallest absolute Gasteiger partial charge is 0.240 e. The fraction of sp³-hybridized carbons (Fsp3) is 0.333. The van der Waals surface area contributed by atoms with Gasteiger partial charge in [0.1, 0.15) is 0 Å². The Hall–Kier alpha value is -1.08. The van der Waals surface area contributed by atoms with Gasteiger partial charge in [0.2, 0.25) is 10.0 Å². The van der Waals surface area contributed by atoms with Gasteiger partial charge in [0, 0.05) is 27.3 Å². The van der Waals surface area contributed by atoms with E-state index < -0.39 is 10.0 Å². The van der Waals surface area contributed by atoms with Gasteiger partial charge in [0.05, 0.1) is 4.90 Å². The van der Waals surface area contributed by atoms with Gasteiger partial charge in [-0.2, -0.15) is 0 Å². The van der Waals surface area contributed by atoms with Gasteiger partial charge in [-0.15, -0.1) is 0 Å². The van der Waals surface area contributed by atoms with Crippen LogP contribution in [0.1, 0.15) is 25.7 Å². The number of hydrogen-bond acceptors (Lipinski definition) is 3. The van der Waals surface area contributed by atoms with Crippen LogP contribution < -0.4 is 10.0 Å². The van der Waals surface area contributed by atoms with Crippen molar-refractivity contribution in [2.75, 3.05) is 5.32 Å². The zero-order chi connectivity index (χ0) is 17.9. The Labute approximate surface area is 162 Å². The summed E-state index contributed by atoms with van der Waals surface area (Å²) in [5.74, 6) is 0. The van der Waals surface area contributed by atoms with Gasteiger partial charge >= 0.3 is 0 Å². The second-order valence-electron chi connectivity index (χ2n) is 6.22. The molecule has 4 nitrogen and oxygen atoms in total. The van der Waals surface area contributed by atoms with Crippen LogP contribution in [-0.2, 0) is 10.0 Å². The van der Waals surface area contributed by atoms with Crippen molar-refractivity contribution in [3.63, 3.8) is 0 Å². The molecule has 1 aliphatic rings. The highest BCUT2D eigenvalue weighted by Gasteiger charge is 2.29. The maximum atomic E-state index is 12.7. The molecule has 0 spiro atoms. The van der Waals surface area contributed by atoms with Crippen LogP contribution in [0.15, 0.2) is 57.9 Å². The molecular formula is C18H20BrClN2O2S. The molecule has 3 rings (SSSR count). The molecule has 0 radical (unpaired) electrons. The molecule has 0 aliphatic heterocycles. The number of halogens is 2. The first-order valence-corrected chi connectivity index (χ1v) is 10.9. The lowest BCUT2D eigenvalue weighted by atomic mass is 9.91. The van der Waals surface area contributed by atoms with Crippen LogP contribution in [0.2, 0.25) is 5.02 Å². The third-order valence-corrected chi connectivity index (χ3v) is 6.68. The Kier molecular flexibility index (Phi) is 6.04. The van der Waals surface area contributed by atoms with E-state index in [1.54, 1.807) is 12.1 Å². The molecule has 2 N–H and O–H groups in total. The van der Waals surface area contributed by atoms with Gasteiger partial charge in [-0.3, -0.25) is 0 Å². The minimum atomic E-state index is -3.56. The fourth-order valence-electron chi connectivity index (χ4n) is 3.09. The summed E-state index contributed by atoms with van der Waals surface area (Å²) in [6.07, 6.45) is 3.87. The third kappa shape index (κ3) is 4.97. The number of hydrogen-bond donors (Lipinski definition) is 2. The van der Waals surface area contributed by atoms with Gasteiger partial charge in [0.15, 0.2) is 0 Å². The normalized spacial score (nSPS) is 21.0. The molecule has 2 aromatic rings. The Balaban J connectivity index is 1.74. The molecule has 1 aliphatic carbocycles. The van der Waals surface area contributed by atoms with Crippen molar-refractivity contribution in [1.82, 2.24) is 4.72 Å². The van der Waals surface area contributed by atoms with E-state index in [0.29, 0.717) is 5.02 Å². The van der Waals surface area contributed by atoms with Crippen molar-refractivity contribution in [3.05, 3.63) is 58.0 Å². The molecule has 2 aromatic carbocycles. The largest absolute Gasteiger partial charge is 0.381 e. The summed E-state index contributed by atoms with van der Waals surface area (Å²) in [6.45, 7) is 0. The van der Waals surface area contributed by atoms with Crippen molar-refractivity contribution in [1.29, 1.82) is 0 Å². The van der Waals surface area contributed by atoms with Gasteiger partial charge in [0.25, 0.3) is 0 Å². The summed E-state index contributed by atoms with van der Waals surface area (Å²) in [4.78, 5) is 0.241. The first kappa shape index (κ1) is 18.7. The van der Waals surface area contributed by atoms with Crippen LogP contribution in [0, 0.1) is 0 Å². The Morgan fingerprint density at radius 2 is 1.52 bits per heavy atom. The van der Waals surface area contributed by atoms with E-state index in [-0.39, 0.29) is 17.0 Å². The van der Waals surface area contributed by atoms with E-state index in [4.69, 9.17) is 11.6 Å². The van der Waals surface area contributed by atoms with E-state index in [2.05, 4.69) is 26.0 Å². The predicted molar refractivity (Wildman–Crippen MR) is 106 cm³/mol. The average Bonchev–Trinajstić information content (AvgIpc) is 2.59. The van der Waals surface area contributed by atoms with Crippen molar-refractivity contribution in [3.8, 4) is 0 Å². The topological polar surface area (TPSA) is 58.2 Å². The number of anilines is 1. The molecule has 1 fully saturated rings. The van der Waals surface area contributed by atoms with Crippen LogP contribution >= 0.6 is 27.5 Å². The molecule has 25 heavy (non-hydrogen) atoms. The second kappa shape index (κ2) is 8.08. The van der Waals surface area contributed by atoms with Crippen molar-refractivity contribution in [2.24, 2.45) is 0 Å². The van der Waals surface area contributed by atoms with Gasteiger partial charge in [-0.05, 0) is 61.4 Å². The van der Waals surface area contributed by atoms with Crippen LogP contribution in [0.4, 0.5) is 5.69 Å². The highest BCUT2D eigenvalue weighted by molar-refractivity contribution is 9.10. The highest BCUT2D eigenvalue weighted by Crippen LogP contribution is 2.25. The lowest BCUT2D eigenvalue weighted by Gasteiger charge is -2.33. The van der Waals surface area contributed by atoms with Crippen LogP contribution in [-0.4, -0.2) is 20.5 Å². The Bertz CT molecular complexity index is 810. The fourth-order valence-corrected chi connectivity index (χ4v) is 4.79. The molecule has 2 atom stereocenters. The number of benzene rings is 2. The average molecular weight is 444 g/mol. The van der Waals surface area contributed by atoms with Crippen molar-refractivity contribution >= 4 is 43.2 Å². The zero-order valence-electron chi connectivity index (χ0n) is 13.6. The van der Waals surface area contributed by atoms with Crippen LogP contribution in [0.5, 0.6) is 0 Å². The molecule has 0 aromatic heterocycles. The Morgan fingerprint density at radius 1 is 0.920 bits per heavy atom. The van der Waals surface area contributed by atoms with E-state index >= 15 is 0 Å². The number of nitrogens with one attached hydrogen (secondary N) is 2. The highest BCUT2D eigenvalue weighted by atomic mass is 79.9. The molecule has 0 saturated heterocycles.